The molecule has 0 radical (unpaired) electrons. The first kappa shape index (κ1) is 15.2. The molecule has 1 amide bonds. The van der Waals surface area contributed by atoms with Gasteiger partial charge in [0.05, 0.1) is 11.1 Å². The minimum Gasteiger partial charge on any atom is -0.463 e. The highest BCUT2D eigenvalue weighted by molar-refractivity contribution is 7.17. The highest BCUT2D eigenvalue weighted by atomic mass is 32.1. The standard InChI is InChI=1S/C17H13FN2O2S/c1-11(14-3-2-10-22-14)19-20-17(21)16-9-8-15(23-16)12-4-6-13(18)7-5-12/h2-10H,1H3,(H,20,21)/b19-11-. The van der Waals surface area contributed by atoms with Gasteiger partial charge in [-0.25, -0.2) is 9.82 Å². The van der Waals surface area contributed by atoms with Crippen LogP contribution < -0.4 is 5.43 Å². The van der Waals surface area contributed by atoms with Crippen LogP contribution >= 0.6 is 11.3 Å². The van der Waals surface area contributed by atoms with Crippen molar-refractivity contribution in [2.75, 3.05) is 0 Å². The third-order valence-corrected chi connectivity index (χ3v) is 4.29. The molecule has 0 bridgehead atoms. The van der Waals surface area contributed by atoms with E-state index in [1.165, 1.54) is 23.5 Å². The largest absolute Gasteiger partial charge is 0.463 e. The second kappa shape index (κ2) is 6.58. The van der Waals surface area contributed by atoms with Crippen LogP contribution in [0.15, 0.2) is 64.3 Å². The maximum atomic E-state index is 12.9. The summed E-state index contributed by atoms with van der Waals surface area (Å²) >= 11 is 1.32. The summed E-state index contributed by atoms with van der Waals surface area (Å²) in [4.78, 5) is 13.5. The number of nitrogens with one attached hydrogen (secondary N) is 1. The van der Waals surface area contributed by atoms with Gasteiger partial charge in [0.1, 0.15) is 17.3 Å². The molecule has 3 rings (SSSR count). The number of benzene rings is 1. The second-order valence-electron chi connectivity index (χ2n) is 4.79. The van der Waals surface area contributed by atoms with E-state index in [-0.39, 0.29) is 11.7 Å². The van der Waals surface area contributed by atoms with Crippen LogP contribution in [-0.2, 0) is 0 Å². The number of carbonyl (C=O) groups excluding carboxylic acids is 1. The topological polar surface area (TPSA) is 54.6 Å². The molecule has 23 heavy (non-hydrogen) atoms. The SMILES string of the molecule is C/C(=N/NC(=O)c1ccc(-c2ccc(F)cc2)s1)c1ccco1. The van der Waals surface area contributed by atoms with Crippen LogP contribution in [0, 0.1) is 5.82 Å². The van der Waals surface area contributed by atoms with Crippen molar-refractivity contribution in [1.29, 1.82) is 0 Å². The third-order valence-electron chi connectivity index (χ3n) is 3.16. The van der Waals surface area contributed by atoms with Crippen molar-refractivity contribution in [3.8, 4) is 10.4 Å². The van der Waals surface area contributed by atoms with Crippen LogP contribution in [0.4, 0.5) is 4.39 Å². The molecule has 0 fully saturated rings. The lowest BCUT2D eigenvalue weighted by atomic mass is 10.2. The summed E-state index contributed by atoms with van der Waals surface area (Å²) in [5.41, 5.74) is 3.95. The number of carbonyl (C=O) groups is 1. The number of halogens is 1. The smallest absolute Gasteiger partial charge is 0.281 e. The zero-order chi connectivity index (χ0) is 16.2. The number of nitrogens with zero attached hydrogens (tertiary/aromatic N) is 1. The van der Waals surface area contributed by atoms with Crippen molar-refractivity contribution in [2.45, 2.75) is 6.92 Å². The number of thiophene rings is 1. The van der Waals surface area contributed by atoms with Crippen LogP contribution in [0.3, 0.4) is 0 Å². The van der Waals surface area contributed by atoms with E-state index in [4.69, 9.17) is 4.42 Å². The van der Waals surface area contributed by atoms with Gasteiger partial charge in [0, 0.05) is 4.88 Å². The molecule has 3 aromatic rings. The van der Waals surface area contributed by atoms with E-state index < -0.39 is 0 Å². The Morgan fingerprint density at radius 3 is 2.65 bits per heavy atom. The Hall–Kier alpha value is -2.73. The van der Waals surface area contributed by atoms with E-state index in [0.29, 0.717) is 16.3 Å². The summed E-state index contributed by atoms with van der Waals surface area (Å²) in [6.07, 6.45) is 1.55. The number of hydrogen-bond acceptors (Lipinski definition) is 4. The van der Waals surface area contributed by atoms with Crippen LogP contribution in [0.5, 0.6) is 0 Å². The molecule has 0 atom stereocenters. The fourth-order valence-corrected chi connectivity index (χ4v) is 2.86. The lowest BCUT2D eigenvalue weighted by molar-refractivity contribution is 0.0959. The Morgan fingerprint density at radius 1 is 1.17 bits per heavy atom. The average molecular weight is 328 g/mol. The zero-order valence-electron chi connectivity index (χ0n) is 12.2. The molecule has 0 unspecified atom stereocenters. The molecule has 6 heteroatoms. The van der Waals surface area contributed by atoms with Crippen LogP contribution in [0.2, 0.25) is 0 Å². The minimum atomic E-state index is -0.297. The summed E-state index contributed by atoms with van der Waals surface area (Å²) in [6.45, 7) is 1.75. The second-order valence-corrected chi connectivity index (χ2v) is 5.87. The molecule has 0 aliphatic carbocycles. The predicted octanol–water partition coefficient (Wildman–Crippen LogP) is 4.30. The number of rotatable bonds is 4. The van der Waals surface area contributed by atoms with E-state index in [9.17, 15) is 9.18 Å². The van der Waals surface area contributed by atoms with Gasteiger partial charge in [-0.2, -0.15) is 5.10 Å². The fraction of sp³-hybridized carbons (Fsp3) is 0.0588. The molecular weight excluding hydrogens is 315 g/mol. The average Bonchev–Trinajstić information content (AvgIpc) is 3.24. The quantitative estimate of drug-likeness (QED) is 0.573. The summed E-state index contributed by atoms with van der Waals surface area (Å²) in [5, 5.41) is 4.02. The minimum absolute atomic E-state index is 0.286. The summed E-state index contributed by atoms with van der Waals surface area (Å²) in [5.74, 6) is 0.0174. The van der Waals surface area contributed by atoms with Gasteiger partial charge < -0.3 is 4.42 Å². The molecule has 1 aromatic carbocycles. The molecule has 0 spiro atoms. The monoisotopic (exact) mass is 328 g/mol. The summed E-state index contributed by atoms with van der Waals surface area (Å²) < 4.78 is 18.1. The molecule has 2 aromatic heterocycles. The van der Waals surface area contributed by atoms with Crippen molar-refractivity contribution in [3.63, 3.8) is 0 Å². The number of furan rings is 1. The van der Waals surface area contributed by atoms with Gasteiger partial charge in [0.25, 0.3) is 5.91 Å². The van der Waals surface area contributed by atoms with Gasteiger partial charge in [-0.15, -0.1) is 11.3 Å². The van der Waals surface area contributed by atoms with E-state index >= 15 is 0 Å². The number of amides is 1. The molecule has 4 nitrogen and oxygen atoms in total. The van der Waals surface area contributed by atoms with Crippen LogP contribution in [0.1, 0.15) is 22.4 Å². The molecule has 2 heterocycles. The Balaban J connectivity index is 1.71. The lowest BCUT2D eigenvalue weighted by Gasteiger charge is -1.99. The van der Waals surface area contributed by atoms with Crippen molar-refractivity contribution in [3.05, 3.63) is 71.2 Å². The van der Waals surface area contributed by atoms with Crippen molar-refractivity contribution < 1.29 is 13.6 Å². The van der Waals surface area contributed by atoms with Crippen molar-refractivity contribution in [2.24, 2.45) is 5.10 Å². The van der Waals surface area contributed by atoms with Crippen LogP contribution in [-0.4, -0.2) is 11.6 Å². The third kappa shape index (κ3) is 3.54. The summed E-state index contributed by atoms with van der Waals surface area (Å²) in [6, 6.07) is 13.2. The Labute approximate surface area is 136 Å². The van der Waals surface area contributed by atoms with Gasteiger partial charge in [-0.1, -0.05) is 12.1 Å². The van der Waals surface area contributed by atoms with Crippen molar-refractivity contribution >= 4 is 23.0 Å². The molecule has 0 saturated heterocycles. The van der Waals surface area contributed by atoms with E-state index in [2.05, 4.69) is 10.5 Å². The molecule has 0 aliphatic rings. The first-order chi connectivity index (χ1) is 11.1. The van der Waals surface area contributed by atoms with Crippen LogP contribution in [0.25, 0.3) is 10.4 Å². The van der Waals surface area contributed by atoms with Crippen molar-refractivity contribution in [1.82, 2.24) is 5.43 Å². The van der Waals surface area contributed by atoms with E-state index in [1.807, 2.05) is 6.07 Å². The molecule has 0 saturated carbocycles. The van der Waals surface area contributed by atoms with Gasteiger partial charge >= 0.3 is 0 Å². The molecule has 0 aliphatic heterocycles. The van der Waals surface area contributed by atoms with Gasteiger partial charge in [-0.3, -0.25) is 4.79 Å². The zero-order valence-corrected chi connectivity index (χ0v) is 13.1. The Kier molecular flexibility index (Phi) is 4.34. The molecular formula is C17H13FN2O2S. The molecule has 116 valence electrons. The molecule has 1 N–H and O–H groups in total. The Bertz CT molecular complexity index is 836. The normalized spacial score (nSPS) is 11.5. The highest BCUT2D eigenvalue weighted by Gasteiger charge is 2.10. The Morgan fingerprint density at radius 2 is 1.96 bits per heavy atom. The highest BCUT2D eigenvalue weighted by Crippen LogP contribution is 2.28. The number of hydrogen-bond donors (Lipinski definition) is 1. The number of hydrazone groups is 1. The summed E-state index contributed by atoms with van der Waals surface area (Å²) in [7, 11) is 0. The maximum absolute atomic E-state index is 12.9. The van der Waals surface area contributed by atoms with Gasteiger partial charge in [-0.05, 0) is 48.9 Å². The van der Waals surface area contributed by atoms with Gasteiger partial charge in [0.2, 0.25) is 0 Å². The first-order valence-corrected chi connectivity index (χ1v) is 7.69. The fourth-order valence-electron chi connectivity index (χ4n) is 1.96. The lowest BCUT2D eigenvalue weighted by Crippen LogP contribution is -2.17. The van der Waals surface area contributed by atoms with Gasteiger partial charge in [0.15, 0.2) is 0 Å². The predicted molar refractivity (Wildman–Crippen MR) is 88.1 cm³/mol. The first-order valence-electron chi connectivity index (χ1n) is 6.88. The van der Waals surface area contributed by atoms with E-state index in [0.717, 1.165) is 10.4 Å². The van der Waals surface area contributed by atoms with E-state index in [1.54, 1.807) is 43.5 Å². The maximum Gasteiger partial charge on any atom is 0.281 e.